The predicted octanol–water partition coefficient (Wildman–Crippen LogP) is 3.54. The van der Waals surface area contributed by atoms with Crippen molar-refractivity contribution in [3.8, 4) is 0 Å². The van der Waals surface area contributed by atoms with E-state index in [9.17, 15) is 4.79 Å². The minimum absolute atomic E-state index is 0.0259. The van der Waals surface area contributed by atoms with E-state index in [-0.39, 0.29) is 11.9 Å². The summed E-state index contributed by atoms with van der Waals surface area (Å²) in [6.07, 6.45) is 3.92. The molecule has 2 fully saturated rings. The van der Waals surface area contributed by atoms with Crippen LogP contribution in [0.15, 0.2) is 18.3 Å². The van der Waals surface area contributed by atoms with Gasteiger partial charge in [-0.2, -0.15) is 0 Å². The molecule has 2 aliphatic rings. The smallest absolute Gasteiger partial charge is 0.310 e. The molecule has 2 bridgehead atoms. The third-order valence-electron chi connectivity index (χ3n) is 4.55. The van der Waals surface area contributed by atoms with Crippen molar-refractivity contribution < 1.29 is 9.53 Å². The minimum Gasteiger partial charge on any atom is -0.460 e. The Morgan fingerprint density at radius 1 is 1.32 bits per heavy atom. The van der Waals surface area contributed by atoms with Gasteiger partial charge in [-0.25, -0.2) is 4.98 Å². The van der Waals surface area contributed by atoms with Gasteiger partial charge in [-0.1, -0.05) is 11.6 Å². The fraction of sp³-hybridized carbons (Fsp3) is 0.647. The van der Waals surface area contributed by atoms with Gasteiger partial charge in [0.15, 0.2) is 0 Å². The number of hydrogen-bond donors (Lipinski definition) is 0. The fourth-order valence-electron chi connectivity index (χ4n) is 3.76. The van der Waals surface area contributed by atoms with Crippen LogP contribution in [-0.2, 0) is 9.53 Å². The molecule has 0 amide bonds. The second-order valence-electron chi connectivity index (χ2n) is 7.37. The summed E-state index contributed by atoms with van der Waals surface area (Å²) in [4.78, 5) is 19.1. The summed E-state index contributed by atoms with van der Waals surface area (Å²) < 4.78 is 5.62. The number of ether oxygens (including phenoxy) is 1. The Bertz CT molecular complexity index is 556. The van der Waals surface area contributed by atoms with E-state index in [4.69, 9.17) is 16.3 Å². The van der Waals surface area contributed by atoms with E-state index in [1.54, 1.807) is 6.20 Å². The maximum Gasteiger partial charge on any atom is 0.310 e. The molecule has 2 atom stereocenters. The second-order valence-corrected chi connectivity index (χ2v) is 7.78. The van der Waals surface area contributed by atoms with Crippen molar-refractivity contribution in [1.29, 1.82) is 0 Å². The summed E-state index contributed by atoms with van der Waals surface area (Å²) in [6.45, 7) is 7.44. The highest BCUT2D eigenvalue weighted by Gasteiger charge is 2.47. The Balaban J connectivity index is 1.74. The highest BCUT2D eigenvalue weighted by atomic mass is 35.5. The summed E-state index contributed by atoms with van der Waals surface area (Å²) in [5.74, 6) is 1.51. The first-order valence-corrected chi connectivity index (χ1v) is 8.31. The molecule has 1 aromatic rings. The number of pyridine rings is 1. The van der Waals surface area contributed by atoms with Gasteiger partial charge < -0.3 is 9.64 Å². The van der Waals surface area contributed by atoms with Crippen molar-refractivity contribution in [3.63, 3.8) is 0 Å². The number of fused-ring (bicyclic) bond motifs is 2. The van der Waals surface area contributed by atoms with Gasteiger partial charge in [0.1, 0.15) is 11.4 Å². The zero-order valence-corrected chi connectivity index (χ0v) is 14.1. The Morgan fingerprint density at radius 3 is 2.50 bits per heavy atom. The second kappa shape index (κ2) is 5.73. The van der Waals surface area contributed by atoms with Crippen LogP contribution < -0.4 is 4.90 Å². The van der Waals surface area contributed by atoms with Crippen molar-refractivity contribution >= 4 is 23.4 Å². The number of hydrogen-bond acceptors (Lipinski definition) is 4. The number of carbonyl (C=O) groups is 1. The highest BCUT2D eigenvalue weighted by Crippen LogP contribution is 2.44. The average molecular weight is 323 g/mol. The van der Waals surface area contributed by atoms with Gasteiger partial charge in [0, 0.05) is 19.3 Å². The lowest BCUT2D eigenvalue weighted by Crippen LogP contribution is -2.46. The van der Waals surface area contributed by atoms with Gasteiger partial charge in [-0.15, -0.1) is 0 Å². The van der Waals surface area contributed by atoms with Crippen LogP contribution in [0, 0.1) is 17.8 Å². The Hall–Kier alpha value is -1.29. The van der Waals surface area contributed by atoms with E-state index in [0.29, 0.717) is 16.9 Å². The summed E-state index contributed by atoms with van der Waals surface area (Å²) in [5, 5.41) is 0.678. The topological polar surface area (TPSA) is 42.4 Å². The lowest BCUT2D eigenvalue weighted by molar-refractivity contribution is -0.163. The third-order valence-corrected chi connectivity index (χ3v) is 4.85. The molecule has 4 nitrogen and oxygen atoms in total. The SMILES string of the molecule is CC(C)(C)OC(=O)C1C2CCC1CN(c1ncccc1Cl)C2. The number of carbonyl (C=O) groups excluding carboxylic acids is 1. The maximum absolute atomic E-state index is 12.5. The molecule has 1 saturated carbocycles. The summed E-state index contributed by atoms with van der Waals surface area (Å²) in [6, 6.07) is 3.71. The zero-order valence-electron chi connectivity index (χ0n) is 13.4. The lowest BCUT2D eigenvalue weighted by atomic mass is 9.85. The molecule has 1 aromatic heterocycles. The molecule has 2 unspecified atom stereocenters. The van der Waals surface area contributed by atoms with Gasteiger partial charge in [0.05, 0.1) is 10.9 Å². The van der Waals surface area contributed by atoms with Crippen LogP contribution in [0.25, 0.3) is 0 Å². The fourth-order valence-corrected chi connectivity index (χ4v) is 4.00. The van der Waals surface area contributed by atoms with E-state index in [1.807, 2.05) is 32.9 Å². The molecule has 2 heterocycles. The van der Waals surface area contributed by atoms with Gasteiger partial charge in [-0.05, 0) is 57.6 Å². The van der Waals surface area contributed by atoms with Crippen molar-refractivity contribution in [2.75, 3.05) is 18.0 Å². The number of nitrogens with zero attached hydrogens (tertiary/aromatic N) is 2. The Labute approximate surface area is 136 Å². The first-order valence-electron chi connectivity index (χ1n) is 7.93. The normalized spacial score (nSPS) is 27.8. The van der Waals surface area contributed by atoms with Crippen LogP contribution in [0.5, 0.6) is 0 Å². The highest BCUT2D eigenvalue weighted by molar-refractivity contribution is 6.32. The monoisotopic (exact) mass is 322 g/mol. The molecule has 120 valence electrons. The van der Waals surface area contributed by atoms with Gasteiger partial charge in [0.2, 0.25) is 0 Å². The van der Waals surface area contributed by atoms with E-state index in [2.05, 4.69) is 9.88 Å². The van der Waals surface area contributed by atoms with E-state index < -0.39 is 5.60 Å². The van der Waals surface area contributed by atoms with Crippen LogP contribution in [-0.4, -0.2) is 29.6 Å². The van der Waals surface area contributed by atoms with E-state index in [1.165, 1.54) is 0 Å². The number of aromatic nitrogens is 1. The molecular weight excluding hydrogens is 300 g/mol. The molecule has 1 aliphatic heterocycles. The molecule has 22 heavy (non-hydrogen) atoms. The summed E-state index contributed by atoms with van der Waals surface area (Å²) >= 11 is 6.26. The Kier molecular flexibility index (Phi) is 4.06. The number of anilines is 1. The molecule has 5 heteroatoms. The first kappa shape index (κ1) is 15.6. The summed E-state index contributed by atoms with van der Waals surface area (Å²) in [5.41, 5.74) is -0.419. The van der Waals surface area contributed by atoms with Crippen LogP contribution >= 0.6 is 11.6 Å². The standard InChI is InChI=1S/C17H23ClN2O2/c1-17(2,3)22-16(21)14-11-6-7-12(14)10-20(9-11)15-13(18)5-4-8-19-15/h4-5,8,11-12,14H,6-7,9-10H2,1-3H3. The van der Waals surface area contributed by atoms with Crippen molar-refractivity contribution in [2.45, 2.75) is 39.2 Å². The number of piperidine rings is 1. The van der Waals surface area contributed by atoms with Gasteiger partial charge >= 0.3 is 5.97 Å². The predicted molar refractivity (Wildman–Crippen MR) is 87.0 cm³/mol. The van der Waals surface area contributed by atoms with Crippen molar-refractivity contribution in [3.05, 3.63) is 23.4 Å². The van der Waals surface area contributed by atoms with Gasteiger partial charge in [-0.3, -0.25) is 4.79 Å². The minimum atomic E-state index is -0.419. The van der Waals surface area contributed by atoms with E-state index >= 15 is 0 Å². The Morgan fingerprint density at radius 2 is 1.95 bits per heavy atom. The van der Waals surface area contributed by atoms with Crippen LogP contribution in [0.4, 0.5) is 5.82 Å². The molecular formula is C17H23ClN2O2. The van der Waals surface area contributed by atoms with Crippen molar-refractivity contribution in [1.82, 2.24) is 4.98 Å². The number of rotatable bonds is 2. The van der Waals surface area contributed by atoms with Crippen molar-refractivity contribution in [2.24, 2.45) is 17.8 Å². The molecule has 1 aliphatic carbocycles. The molecule has 0 radical (unpaired) electrons. The molecule has 0 N–H and O–H groups in total. The molecule has 0 aromatic carbocycles. The number of esters is 1. The van der Waals surface area contributed by atoms with Crippen LogP contribution in [0.3, 0.4) is 0 Å². The average Bonchev–Trinajstić information content (AvgIpc) is 2.68. The van der Waals surface area contributed by atoms with E-state index in [0.717, 1.165) is 31.7 Å². The molecule has 1 saturated heterocycles. The largest absolute Gasteiger partial charge is 0.460 e. The quantitative estimate of drug-likeness (QED) is 0.781. The molecule has 3 rings (SSSR count). The van der Waals surface area contributed by atoms with Gasteiger partial charge in [0.25, 0.3) is 0 Å². The maximum atomic E-state index is 12.5. The lowest BCUT2D eigenvalue weighted by Gasteiger charge is -2.38. The zero-order chi connectivity index (χ0) is 15.9. The number of halogens is 1. The van der Waals surface area contributed by atoms with Crippen LogP contribution in [0.2, 0.25) is 5.02 Å². The van der Waals surface area contributed by atoms with Crippen LogP contribution in [0.1, 0.15) is 33.6 Å². The molecule has 0 spiro atoms. The summed E-state index contributed by atoms with van der Waals surface area (Å²) in [7, 11) is 0. The third kappa shape index (κ3) is 3.07. The first-order chi connectivity index (χ1) is 10.3.